The van der Waals surface area contributed by atoms with E-state index in [1.54, 1.807) is 0 Å². The van der Waals surface area contributed by atoms with Gasteiger partial charge in [0.25, 0.3) is 0 Å². The van der Waals surface area contributed by atoms with Crippen molar-refractivity contribution in [2.24, 2.45) is 0 Å². The van der Waals surface area contributed by atoms with Crippen LogP contribution in [0.1, 0.15) is 19.3 Å². The zero-order chi connectivity index (χ0) is 8.93. The lowest BCUT2D eigenvalue weighted by molar-refractivity contribution is 0.380. The molecule has 1 aromatic rings. The highest BCUT2D eigenvalue weighted by Gasteiger charge is 2.10. The van der Waals surface area contributed by atoms with E-state index in [-0.39, 0.29) is 0 Å². The van der Waals surface area contributed by atoms with Crippen LogP contribution in [0.5, 0.6) is 0 Å². The van der Waals surface area contributed by atoms with Gasteiger partial charge in [-0.15, -0.1) is 0 Å². The van der Waals surface area contributed by atoms with Crippen molar-refractivity contribution in [1.82, 2.24) is 4.31 Å². The smallest absolute Gasteiger partial charge is 0.0230 e. The molecule has 0 bridgehead atoms. The van der Waals surface area contributed by atoms with E-state index in [4.69, 9.17) is 0 Å². The zero-order valence-corrected chi connectivity index (χ0v) is 8.59. The Morgan fingerprint density at radius 1 is 0.923 bits per heavy atom. The van der Waals surface area contributed by atoms with E-state index < -0.39 is 0 Å². The quantitative estimate of drug-likeness (QED) is 0.664. The van der Waals surface area contributed by atoms with E-state index >= 15 is 0 Å². The lowest BCUT2D eigenvalue weighted by Gasteiger charge is -2.24. The molecule has 0 N–H and O–H groups in total. The second kappa shape index (κ2) is 4.68. The number of piperidine rings is 1. The first-order chi connectivity index (χ1) is 6.45. The van der Waals surface area contributed by atoms with Crippen molar-refractivity contribution >= 4 is 11.9 Å². The summed E-state index contributed by atoms with van der Waals surface area (Å²) in [6, 6.07) is 10.6. The summed E-state index contributed by atoms with van der Waals surface area (Å²) in [5.41, 5.74) is 0. The molecule has 0 aliphatic carbocycles. The summed E-state index contributed by atoms with van der Waals surface area (Å²) in [5, 5.41) is 0. The predicted octanol–water partition coefficient (Wildman–Crippen LogP) is 3.18. The molecular formula is C11H15NS. The van der Waals surface area contributed by atoms with Crippen LogP contribution in [-0.2, 0) is 0 Å². The van der Waals surface area contributed by atoms with Crippen LogP contribution in [-0.4, -0.2) is 17.4 Å². The lowest BCUT2D eigenvalue weighted by Crippen LogP contribution is -2.22. The van der Waals surface area contributed by atoms with Gasteiger partial charge in [0, 0.05) is 18.0 Å². The molecule has 2 rings (SSSR count). The molecule has 0 aromatic heterocycles. The molecule has 0 amide bonds. The summed E-state index contributed by atoms with van der Waals surface area (Å²) >= 11 is 1.90. The highest BCUT2D eigenvalue weighted by molar-refractivity contribution is 7.97. The van der Waals surface area contributed by atoms with Crippen LogP contribution >= 0.6 is 11.9 Å². The van der Waals surface area contributed by atoms with E-state index in [1.165, 1.54) is 37.2 Å². The molecule has 0 unspecified atom stereocenters. The molecule has 0 spiro atoms. The van der Waals surface area contributed by atoms with Crippen molar-refractivity contribution in [3.8, 4) is 0 Å². The third-order valence-corrected chi connectivity index (χ3v) is 3.40. The summed E-state index contributed by atoms with van der Waals surface area (Å²) in [5.74, 6) is 0. The van der Waals surface area contributed by atoms with Gasteiger partial charge < -0.3 is 0 Å². The van der Waals surface area contributed by atoms with Crippen LogP contribution in [0.15, 0.2) is 35.2 Å². The maximum Gasteiger partial charge on any atom is 0.0230 e. The van der Waals surface area contributed by atoms with Gasteiger partial charge in [0.1, 0.15) is 0 Å². The van der Waals surface area contributed by atoms with Crippen molar-refractivity contribution in [3.05, 3.63) is 30.3 Å². The Hall–Kier alpha value is -0.470. The first kappa shape index (κ1) is 9.10. The summed E-state index contributed by atoms with van der Waals surface area (Å²) < 4.78 is 2.47. The van der Waals surface area contributed by atoms with Gasteiger partial charge in [-0.3, -0.25) is 0 Å². The standard InChI is InChI=1S/C11H15NS/c1-3-7-11(8-4-1)13-12-9-5-2-6-10-12/h1,3-4,7-8H,2,5-6,9-10H2. The molecule has 2 heteroatoms. The first-order valence-electron chi connectivity index (χ1n) is 4.93. The van der Waals surface area contributed by atoms with Crippen LogP contribution in [0.25, 0.3) is 0 Å². The predicted molar refractivity (Wildman–Crippen MR) is 57.7 cm³/mol. The van der Waals surface area contributed by atoms with Gasteiger partial charge in [-0.25, -0.2) is 4.31 Å². The second-order valence-electron chi connectivity index (χ2n) is 3.39. The Bertz CT molecular complexity index is 242. The van der Waals surface area contributed by atoms with Crippen LogP contribution < -0.4 is 0 Å². The van der Waals surface area contributed by atoms with Gasteiger partial charge in [0.2, 0.25) is 0 Å². The minimum absolute atomic E-state index is 1.25. The molecule has 1 aromatic carbocycles. The van der Waals surface area contributed by atoms with Gasteiger partial charge in [-0.1, -0.05) is 24.6 Å². The van der Waals surface area contributed by atoms with Gasteiger partial charge in [-0.2, -0.15) is 0 Å². The molecule has 1 aliphatic heterocycles. The largest absolute Gasteiger partial charge is 0.246 e. The summed E-state index contributed by atoms with van der Waals surface area (Å²) in [4.78, 5) is 1.37. The van der Waals surface area contributed by atoms with E-state index in [1.807, 2.05) is 11.9 Å². The highest BCUT2D eigenvalue weighted by atomic mass is 32.2. The maximum absolute atomic E-state index is 2.47. The number of rotatable bonds is 2. The zero-order valence-electron chi connectivity index (χ0n) is 7.78. The van der Waals surface area contributed by atoms with Crippen molar-refractivity contribution < 1.29 is 0 Å². The average molecular weight is 193 g/mol. The molecule has 70 valence electrons. The lowest BCUT2D eigenvalue weighted by atomic mass is 10.2. The minimum Gasteiger partial charge on any atom is -0.246 e. The first-order valence-corrected chi connectivity index (χ1v) is 5.70. The number of nitrogens with zero attached hydrogens (tertiary/aromatic N) is 1. The van der Waals surface area contributed by atoms with Gasteiger partial charge >= 0.3 is 0 Å². The molecule has 1 nitrogen and oxygen atoms in total. The molecule has 1 heterocycles. The van der Waals surface area contributed by atoms with Crippen molar-refractivity contribution in [2.45, 2.75) is 24.2 Å². The van der Waals surface area contributed by atoms with Crippen LogP contribution in [0.4, 0.5) is 0 Å². The topological polar surface area (TPSA) is 3.24 Å². The Labute approximate surface area is 84.3 Å². The van der Waals surface area contributed by atoms with Crippen molar-refractivity contribution in [3.63, 3.8) is 0 Å². The van der Waals surface area contributed by atoms with Gasteiger partial charge in [0.05, 0.1) is 0 Å². The van der Waals surface area contributed by atoms with E-state index in [0.717, 1.165) is 0 Å². The monoisotopic (exact) mass is 193 g/mol. The SMILES string of the molecule is c1ccc(SN2CCCCC2)cc1. The maximum atomic E-state index is 2.47. The van der Waals surface area contributed by atoms with Gasteiger partial charge in [-0.05, 0) is 36.9 Å². The fourth-order valence-corrected chi connectivity index (χ4v) is 2.60. The highest BCUT2D eigenvalue weighted by Crippen LogP contribution is 2.25. The number of hydrogen-bond donors (Lipinski definition) is 0. The summed E-state index contributed by atoms with van der Waals surface area (Å²) in [6.45, 7) is 2.50. The fraction of sp³-hybridized carbons (Fsp3) is 0.455. The van der Waals surface area contributed by atoms with Crippen LogP contribution in [0, 0.1) is 0 Å². The number of hydrogen-bond acceptors (Lipinski definition) is 2. The summed E-state index contributed by atoms with van der Waals surface area (Å²) in [7, 11) is 0. The Balaban J connectivity index is 1.90. The molecule has 13 heavy (non-hydrogen) atoms. The van der Waals surface area contributed by atoms with E-state index in [9.17, 15) is 0 Å². The third-order valence-electron chi connectivity index (χ3n) is 2.29. The molecule has 0 saturated carbocycles. The Kier molecular flexibility index (Phi) is 3.27. The van der Waals surface area contributed by atoms with E-state index in [0.29, 0.717) is 0 Å². The average Bonchev–Trinajstić information content (AvgIpc) is 2.21. The minimum atomic E-state index is 1.25. The molecule has 0 radical (unpaired) electrons. The third kappa shape index (κ3) is 2.75. The van der Waals surface area contributed by atoms with E-state index in [2.05, 4.69) is 34.6 Å². The Morgan fingerprint density at radius 2 is 1.62 bits per heavy atom. The molecule has 1 fully saturated rings. The molecule has 1 aliphatic rings. The molecular weight excluding hydrogens is 178 g/mol. The van der Waals surface area contributed by atoms with Crippen LogP contribution in [0.2, 0.25) is 0 Å². The normalized spacial score (nSPS) is 18.8. The Morgan fingerprint density at radius 3 is 2.31 bits per heavy atom. The fourth-order valence-electron chi connectivity index (χ4n) is 1.59. The molecule has 1 saturated heterocycles. The van der Waals surface area contributed by atoms with Crippen LogP contribution in [0.3, 0.4) is 0 Å². The number of benzene rings is 1. The van der Waals surface area contributed by atoms with Crippen molar-refractivity contribution in [2.75, 3.05) is 13.1 Å². The molecule has 0 atom stereocenters. The van der Waals surface area contributed by atoms with Crippen molar-refractivity contribution in [1.29, 1.82) is 0 Å². The van der Waals surface area contributed by atoms with Gasteiger partial charge in [0.15, 0.2) is 0 Å². The second-order valence-corrected chi connectivity index (χ2v) is 4.56. The summed E-state index contributed by atoms with van der Waals surface area (Å²) in [6.07, 6.45) is 4.13.